The molecule has 106 valence electrons. The van der Waals surface area contributed by atoms with Crippen molar-refractivity contribution in [3.8, 4) is 5.75 Å². The third kappa shape index (κ3) is 3.99. The van der Waals surface area contributed by atoms with E-state index in [0.717, 1.165) is 30.1 Å². The summed E-state index contributed by atoms with van der Waals surface area (Å²) >= 11 is 0. The molecule has 0 N–H and O–H groups in total. The number of likely N-dealkylation sites (N-methyl/N-ethyl adjacent to an activating group) is 1. The highest BCUT2D eigenvalue weighted by molar-refractivity contribution is 5.22. The van der Waals surface area contributed by atoms with Crippen LogP contribution in [0.25, 0.3) is 0 Å². The minimum atomic E-state index is 0.361. The van der Waals surface area contributed by atoms with E-state index in [1.165, 1.54) is 0 Å². The Bertz CT molecular complexity index is 532. The molecule has 0 radical (unpaired) electrons. The van der Waals surface area contributed by atoms with Crippen LogP contribution in [0.2, 0.25) is 0 Å². The zero-order valence-corrected chi connectivity index (χ0v) is 12.2. The second-order valence-electron chi connectivity index (χ2n) is 4.85. The molecule has 5 nitrogen and oxygen atoms in total. The third-order valence-electron chi connectivity index (χ3n) is 3.31. The van der Waals surface area contributed by atoms with Gasteiger partial charge in [0, 0.05) is 49.9 Å². The van der Waals surface area contributed by atoms with Gasteiger partial charge in [0.05, 0.1) is 18.5 Å². The SMILES string of the molecule is COc1ccnc(CN(C)[C@H](C)Cc2cnccn2)c1. The predicted octanol–water partition coefficient (Wildman–Crippen LogP) is 1.94. The van der Waals surface area contributed by atoms with Gasteiger partial charge in [0.1, 0.15) is 5.75 Å². The van der Waals surface area contributed by atoms with Crippen LogP contribution in [0.4, 0.5) is 0 Å². The smallest absolute Gasteiger partial charge is 0.122 e. The fourth-order valence-electron chi connectivity index (χ4n) is 1.97. The van der Waals surface area contributed by atoms with Crippen molar-refractivity contribution in [1.82, 2.24) is 19.9 Å². The average molecular weight is 272 g/mol. The van der Waals surface area contributed by atoms with E-state index < -0.39 is 0 Å². The molecule has 0 bridgehead atoms. The molecule has 1 atom stereocenters. The van der Waals surface area contributed by atoms with Crippen LogP contribution in [0.5, 0.6) is 5.75 Å². The van der Waals surface area contributed by atoms with Crippen LogP contribution in [0.1, 0.15) is 18.3 Å². The molecule has 0 unspecified atom stereocenters. The van der Waals surface area contributed by atoms with Gasteiger partial charge in [-0.1, -0.05) is 0 Å². The molecule has 2 rings (SSSR count). The minimum Gasteiger partial charge on any atom is -0.497 e. The summed E-state index contributed by atoms with van der Waals surface area (Å²) in [5.41, 5.74) is 2.00. The van der Waals surface area contributed by atoms with E-state index in [-0.39, 0.29) is 0 Å². The molecule has 0 aliphatic carbocycles. The number of pyridine rings is 1. The van der Waals surface area contributed by atoms with Crippen molar-refractivity contribution < 1.29 is 4.74 Å². The first-order valence-corrected chi connectivity index (χ1v) is 6.63. The molecular formula is C15H20N4O. The van der Waals surface area contributed by atoms with Gasteiger partial charge < -0.3 is 4.74 Å². The van der Waals surface area contributed by atoms with Crippen LogP contribution in [0, 0.1) is 0 Å². The molecule has 0 aliphatic rings. The number of ether oxygens (including phenoxy) is 1. The maximum atomic E-state index is 5.22. The maximum Gasteiger partial charge on any atom is 0.122 e. The second-order valence-corrected chi connectivity index (χ2v) is 4.85. The summed E-state index contributed by atoms with van der Waals surface area (Å²) in [4.78, 5) is 15.0. The van der Waals surface area contributed by atoms with E-state index >= 15 is 0 Å². The van der Waals surface area contributed by atoms with Gasteiger partial charge in [-0.15, -0.1) is 0 Å². The molecular weight excluding hydrogens is 252 g/mol. The van der Waals surface area contributed by atoms with Gasteiger partial charge in [-0.3, -0.25) is 19.9 Å². The fourth-order valence-corrected chi connectivity index (χ4v) is 1.97. The first-order chi connectivity index (χ1) is 9.69. The van der Waals surface area contributed by atoms with E-state index in [1.807, 2.05) is 18.3 Å². The molecule has 0 spiro atoms. The molecule has 0 amide bonds. The molecule has 20 heavy (non-hydrogen) atoms. The predicted molar refractivity (Wildman–Crippen MR) is 77.5 cm³/mol. The standard InChI is InChI=1S/C15H20N4O/c1-12(8-13-10-16-6-7-18-13)19(2)11-14-9-15(20-3)4-5-17-14/h4-7,9-10,12H,8,11H2,1-3H3/t12-/m1/s1. The lowest BCUT2D eigenvalue weighted by Crippen LogP contribution is -2.31. The fraction of sp³-hybridized carbons (Fsp3) is 0.400. The van der Waals surface area contributed by atoms with Crippen molar-refractivity contribution in [2.75, 3.05) is 14.2 Å². The van der Waals surface area contributed by atoms with Crippen molar-refractivity contribution in [2.24, 2.45) is 0 Å². The zero-order valence-electron chi connectivity index (χ0n) is 12.2. The quantitative estimate of drug-likeness (QED) is 0.804. The molecule has 0 fully saturated rings. The Hall–Kier alpha value is -2.01. The first kappa shape index (κ1) is 14.4. The first-order valence-electron chi connectivity index (χ1n) is 6.63. The molecule has 5 heteroatoms. The highest BCUT2D eigenvalue weighted by Gasteiger charge is 2.12. The van der Waals surface area contributed by atoms with Crippen LogP contribution >= 0.6 is 0 Å². The van der Waals surface area contributed by atoms with Crippen LogP contribution in [0.15, 0.2) is 36.9 Å². The largest absolute Gasteiger partial charge is 0.497 e. The van der Waals surface area contributed by atoms with Crippen molar-refractivity contribution in [3.63, 3.8) is 0 Å². The summed E-state index contributed by atoms with van der Waals surface area (Å²) in [6, 6.07) is 4.18. The molecule has 0 aliphatic heterocycles. The lowest BCUT2D eigenvalue weighted by molar-refractivity contribution is 0.243. The van der Waals surface area contributed by atoms with Crippen molar-refractivity contribution >= 4 is 0 Å². The highest BCUT2D eigenvalue weighted by atomic mass is 16.5. The molecule has 2 aromatic heterocycles. The Kier molecular flexibility index (Phi) is 5.01. The number of hydrogen-bond donors (Lipinski definition) is 0. The van der Waals surface area contributed by atoms with Crippen LogP contribution in [-0.2, 0) is 13.0 Å². The van der Waals surface area contributed by atoms with E-state index in [9.17, 15) is 0 Å². The van der Waals surface area contributed by atoms with Crippen LogP contribution in [0.3, 0.4) is 0 Å². The molecule has 0 saturated heterocycles. The normalized spacial score (nSPS) is 12.4. The molecule has 2 aromatic rings. The van der Waals surface area contributed by atoms with E-state index in [4.69, 9.17) is 4.74 Å². The Morgan fingerprint density at radius 3 is 2.70 bits per heavy atom. The number of aromatic nitrogens is 3. The van der Waals surface area contributed by atoms with Crippen LogP contribution in [-0.4, -0.2) is 40.1 Å². The number of methoxy groups -OCH3 is 1. The number of rotatable bonds is 6. The minimum absolute atomic E-state index is 0.361. The topological polar surface area (TPSA) is 51.1 Å². The number of hydrogen-bond acceptors (Lipinski definition) is 5. The summed E-state index contributed by atoms with van der Waals surface area (Å²) in [6.45, 7) is 2.95. The zero-order chi connectivity index (χ0) is 14.4. The monoisotopic (exact) mass is 272 g/mol. The highest BCUT2D eigenvalue weighted by Crippen LogP contribution is 2.13. The molecule has 0 saturated carbocycles. The van der Waals surface area contributed by atoms with Gasteiger partial charge in [-0.05, 0) is 20.0 Å². The second kappa shape index (κ2) is 6.96. The molecule has 2 heterocycles. The number of nitrogens with zero attached hydrogens (tertiary/aromatic N) is 4. The lowest BCUT2D eigenvalue weighted by Gasteiger charge is -2.24. The van der Waals surface area contributed by atoms with Gasteiger partial charge in [-0.2, -0.15) is 0 Å². The Morgan fingerprint density at radius 2 is 2.00 bits per heavy atom. The van der Waals surface area contributed by atoms with Crippen molar-refractivity contribution in [3.05, 3.63) is 48.3 Å². The average Bonchev–Trinajstić information content (AvgIpc) is 2.48. The summed E-state index contributed by atoms with van der Waals surface area (Å²) < 4.78 is 5.22. The maximum absolute atomic E-state index is 5.22. The van der Waals surface area contributed by atoms with E-state index in [2.05, 4.69) is 33.8 Å². The van der Waals surface area contributed by atoms with E-state index in [0.29, 0.717) is 6.04 Å². The van der Waals surface area contributed by atoms with Crippen molar-refractivity contribution in [2.45, 2.75) is 25.9 Å². The summed E-state index contributed by atoms with van der Waals surface area (Å²) in [6.07, 6.45) is 7.88. The summed E-state index contributed by atoms with van der Waals surface area (Å²) in [5.74, 6) is 0.838. The third-order valence-corrected chi connectivity index (χ3v) is 3.31. The van der Waals surface area contributed by atoms with Gasteiger partial charge in [0.2, 0.25) is 0 Å². The summed E-state index contributed by atoms with van der Waals surface area (Å²) in [7, 11) is 3.75. The van der Waals surface area contributed by atoms with Gasteiger partial charge in [-0.25, -0.2) is 0 Å². The Balaban J connectivity index is 1.95. The van der Waals surface area contributed by atoms with Crippen LogP contribution < -0.4 is 4.74 Å². The molecule has 0 aromatic carbocycles. The van der Waals surface area contributed by atoms with Crippen molar-refractivity contribution in [1.29, 1.82) is 0 Å². The Morgan fingerprint density at radius 1 is 1.20 bits per heavy atom. The summed E-state index contributed by atoms with van der Waals surface area (Å²) in [5, 5.41) is 0. The Labute approximate surface area is 119 Å². The van der Waals surface area contributed by atoms with Gasteiger partial charge in [0.15, 0.2) is 0 Å². The van der Waals surface area contributed by atoms with E-state index in [1.54, 1.807) is 25.7 Å². The lowest BCUT2D eigenvalue weighted by atomic mass is 10.1. The van der Waals surface area contributed by atoms with Gasteiger partial charge >= 0.3 is 0 Å². The van der Waals surface area contributed by atoms with Gasteiger partial charge in [0.25, 0.3) is 0 Å².